The lowest BCUT2D eigenvalue weighted by Gasteiger charge is -2.18. The Labute approximate surface area is 140 Å². The van der Waals surface area contributed by atoms with Crippen molar-refractivity contribution in [1.82, 2.24) is 33.7 Å². The normalized spacial score (nSPS) is 13.4. The fraction of sp³-hybridized carbons (Fsp3) is 0.429. The molecule has 130 valence electrons. The summed E-state index contributed by atoms with van der Waals surface area (Å²) in [5.74, 6) is -0.00366. The number of nitrogens with zero attached hydrogens (tertiary/aromatic N) is 7. The Morgan fingerprint density at radius 2 is 2.04 bits per heavy atom. The Hall–Kier alpha value is -3.24. The molecule has 11 heteroatoms. The number of ether oxygens (including phenoxy) is 1. The molecule has 11 nitrogen and oxygen atoms in total. The van der Waals surface area contributed by atoms with Gasteiger partial charge in [-0.3, -0.25) is 18.7 Å². The number of carbonyl (C=O) groups excluding carboxylic acids is 1. The quantitative estimate of drug-likeness (QED) is 0.543. The predicted octanol–water partition coefficient (Wildman–Crippen LogP) is -1.27. The zero-order valence-corrected chi connectivity index (χ0v) is 13.7. The van der Waals surface area contributed by atoms with Gasteiger partial charge in [-0.2, -0.15) is 0 Å². The maximum absolute atomic E-state index is 12.4. The van der Waals surface area contributed by atoms with Gasteiger partial charge in [-0.1, -0.05) is 5.21 Å². The van der Waals surface area contributed by atoms with Crippen LogP contribution in [0.3, 0.4) is 0 Å². The highest BCUT2D eigenvalue weighted by Gasteiger charge is 2.25. The number of imidazole rings is 1. The highest BCUT2D eigenvalue weighted by atomic mass is 16.5. The standard InChI is InChI=1S/C14H15N7O4/c1-18-13(23)10-12-20(4-3-5-21(12)14(18)24)11(15-10)8-6-19(17-16-8)7-9(22)25-2/h6H,3-5,7H2,1-2H3. The molecule has 4 rings (SSSR count). The smallest absolute Gasteiger partial charge is 0.332 e. The van der Waals surface area contributed by atoms with E-state index >= 15 is 0 Å². The van der Waals surface area contributed by atoms with Gasteiger partial charge in [0.25, 0.3) is 5.56 Å². The van der Waals surface area contributed by atoms with Crippen LogP contribution in [0.25, 0.3) is 22.7 Å². The molecule has 0 aliphatic carbocycles. The van der Waals surface area contributed by atoms with Crippen molar-refractivity contribution in [2.75, 3.05) is 7.11 Å². The molecule has 0 saturated heterocycles. The van der Waals surface area contributed by atoms with Crippen LogP contribution in [0, 0.1) is 0 Å². The van der Waals surface area contributed by atoms with Gasteiger partial charge in [0.15, 0.2) is 17.0 Å². The summed E-state index contributed by atoms with van der Waals surface area (Å²) in [5, 5.41) is 7.92. The van der Waals surface area contributed by atoms with Gasteiger partial charge in [0, 0.05) is 20.1 Å². The van der Waals surface area contributed by atoms with Gasteiger partial charge >= 0.3 is 11.7 Å². The first-order chi connectivity index (χ1) is 12.0. The van der Waals surface area contributed by atoms with Crippen molar-refractivity contribution in [2.45, 2.75) is 26.1 Å². The Bertz CT molecular complexity index is 1120. The van der Waals surface area contributed by atoms with E-state index in [1.165, 1.54) is 18.8 Å². The monoisotopic (exact) mass is 345 g/mol. The van der Waals surface area contributed by atoms with Crippen LogP contribution in [0.5, 0.6) is 0 Å². The van der Waals surface area contributed by atoms with Crippen molar-refractivity contribution in [3.8, 4) is 11.5 Å². The predicted molar refractivity (Wildman–Crippen MR) is 84.9 cm³/mol. The summed E-state index contributed by atoms with van der Waals surface area (Å²) >= 11 is 0. The van der Waals surface area contributed by atoms with Crippen molar-refractivity contribution in [3.63, 3.8) is 0 Å². The second-order valence-corrected chi connectivity index (χ2v) is 5.79. The molecule has 4 heterocycles. The van der Waals surface area contributed by atoms with Crippen LogP contribution in [0.15, 0.2) is 15.8 Å². The molecule has 3 aromatic rings. The number of hydrogen-bond acceptors (Lipinski definition) is 7. The van der Waals surface area contributed by atoms with Gasteiger partial charge < -0.3 is 9.30 Å². The number of methoxy groups -OCH3 is 1. The topological polar surface area (TPSA) is 119 Å². The molecule has 0 fully saturated rings. The largest absolute Gasteiger partial charge is 0.468 e. The number of hydrogen-bond donors (Lipinski definition) is 0. The molecule has 0 aromatic carbocycles. The third-order valence-electron chi connectivity index (χ3n) is 4.27. The SMILES string of the molecule is COC(=O)Cn1cc(-c2nc3c(=O)n(C)c(=O)n4c3n2CCC4)nn1. The number of esters is 1. The van der Waals surface area contributed by atoms with Crippen molar-refractivity contribution >= 4 is 17.1 Å². The molecular formula is C14H15N7O4. The molecule has 1 aliphatic rings. The summed E-state index contributed by atoms with van der Waals surface area (Å²) in [6.45, 7) is 1.07. The zero-order valence-electron chi connectivity index (χ0n) is 13.7. The number of aromatic nitrogens is 7. The maximum Gasteiger partial charge on any atom is 0.332 e. The van der Waals surface area contributed by atoms with Crippen LogP contribution < -0.4 is 11.2 Å². The van der Waals surface area contributed by atoms with Crippen LogP contribution in [-0.2, 0) is 36.2 Å². The van der Waals surface area contributed by atoms with E-state index < -0.39 is 11.5 Å². The third-order valence-corrected chi connectivity index (χ3v) is 4.27. The first-order valence-corrected chi connectivity index (χ1v) is 7.68. The molecule has 0 saturated carbocycles. The lowest BCUT2D eigenvalue weighted by molar-refractivity contribution is -0.141. The minimum absolute atomic E-state index is 0.0732. The summed E-state index contributed by atoms with van der Waals surface area (Å²) in [6.07, 6.45) is 2.29. The van der Waals surface area contributed by atoms with Gasteiger partial charge in [0.1, 0.15) is 12.2 Å². The number of carbonyl (C=O) groups is 1. The fourth-order valence-corrected chi connectivity index (χ4v) is 3.05. The molecule has 0 radical (unpaired) electrons. The van der Waals surface area contributed by atoms with E-state index in [1.54, 1.807) is 15.3 Å². The summed E-state index contributed by atoms with van der Waals surface area (Å²) in [7, 11) is 2.73. The minimum atomic E-state index is -0.450. The van der Waals surface area contributed by atoms with E-state index in [1.807, 2.05) is 0 Å². The lowest BCUT2D eigenvalue weighted by Crippen LogP contribution is -2.40. The van der Waals surface area contributed by atoms with Gasteiger partial charge in [-0.25, -0.2) is 14.5 Å². The van der Waals surface area contributed by atoms with E-state index in [0.29, 0.717) is 30.3 Å². The molecule has 0 bridgehead atoms. The van der Waals surface area contributed by atoms with E-state index in [2.05, 4.69) is 20.0 Å². The van der Waals surface area contributed by atoms with Crippen LogP contribution in [0.1, 0.15) is 6.42 Å². The lowest BCUT2D eigenvalue weighted by atomic mass is 10.3. The van der Waals surface area contributed by atoms with Crippen molar-refractivity contribution in [3.05, 3.63) is 27.0 Å². The van der Waals surface area contributed by atoms with Gasteiger partial charge in [0.05, 0.1) is 13.3 Å². The first-order valence-electron chi connectivity index (χ1n) is 7.68. The van der Waals surface area contributed by atoms with Crippen molar-refractivity contribution in [2.24, 2.45) is 7.05 Å². The molecule has 1 aliphatic heterocycles. The Kier molecular flexibility index (Phi) is 3.30. The summed E-state index contributed by atoms with van der Waals surface area (Å²) in [4.78, 5) is 40.5. The van der Waals surface area contributed by atoms with Crippen molar-refractivity contribution < 1.29 is 9.53 Å². The molecule has 0 N–H and O–H groups in total. The first kappa shape index (κ1) is 15.3. The average Bonchev–Trinajstić information content (AvgIpc) is 3.22. The summed E-state index contributed by atoms with van der Waals surface area (Å²) < 4.78 is 10.3. The number of aryl methyl sites for hydroxylation is 2. The van der Waals surface area contributed by atoms with Crippen molar-refractivity contribution in [1.29, 1.82) is 0 Å². The minimum Gasteiger partial charge on any atom is -0.468 e. The molecular weight excluding hydrogens is 330 g/mol. The molecule has 0 unspecified atom stereocenters. The molecule has 3 aromatic heterocycles. The zero-order chi connectivity index (χ0) is 17.7. The second-order valence-electron chi connectivity index (χ2n) is 5.79. The maximum atomic E-state index is 12.4. The molecule has 25 heavy (non-hydrogen) atoms. The second kappa shape index (κ2) is 5.40. The Balaban J connectivity index is 1.92. The fourth-order valence-electron chi connectivity index (χ4n) is 3.05. The van der Waals surface area contributed by atoms with E-state index in [0.717, 1.165) is 11.0 Å². The molecule has 0 amide bonds. The van der Waals surface area contributed by atoms with Gasteiger partial charge in [0.2, 0.25) is 0 Å². The van der Waals surface area contributed by atoms with Gasteiger partial charge in [-0.15, -0.1) is 5.10 Å². The van der Waals surface area contributed by atoms with Gasteiger partial charge in [-0.05, 0) is 6.42 Å². The highest BCUT2D eigenvalue weighted by Crippen LogP contribution is 2.24. The van der Waals surface area contributed by atoms with E-state index in [9.17, 15) is 14.4 Å². The summed E-state index contributed by atoms with van der Waals surface area (Å²) in [5.41, 5.74) is 0.332. The van der Waals surface area contributed by atoms with Crippen LogP contribution in [0.2, 0.25) is 0 Å². The average molecular weight is 345 g/mol. The highest BCUT2D eigenvalue weighted by molar-refractivity contribution is 5.76. The molecule has 0 spiro atoms. The van der Waals surface area contributed by atoms with Crippen LogP contribution in [0.4, 0.5) is 0 Å². The van der Waals surface area contributed by atoms with Crippen LogP contribution in [-0.4, -0.2) is 46.8 Å². The van der Waals surface area contributed by atoms with E-state index in [4.69, 9.17) is 0 Å². The Morgan fingerprint density at radius 1 is 1.28 bits per heavy atom. The third kappa shape index (κ3) is 2.19. The Morgan fingerprint density at radius 3 is 2.80 bits per heavy atom. The number of rotatable bonds is 3. The molecule has 0 atom stereocenters. The van der Waals surface area contributed by atoms with E-state index in [-0.39, 0.29) is 17.8 Å². The van der Waals surface area contributed by atoms with Crippen LogP contribution >= 0.6 is 0 Å². The summed E-state index contributed by atoms with van der Waals surface area (Å²) in [6, 6.07) is 0.